The van der Waals surface area contributed by atoms with Gasteiger partial charge in [0, 0.05) is 18.3 Å². The van der Waals surface area contributed by atoms with Crippen LogP contribution in [-0.4, -0.2) is 15.6 Å². The lowest BCUT2D eigenvalue weighted by Gasteiger charge is -2.14. The largest absolute Gasteiger partial charge is 0.489 e. The number of hydrogen-bond acceptors (Lipinski definition) is 3. The van der Waals surface area contributed by atoms with Crippen LogP contribution in [0.3, 0.4) is 0 Å². The van der Waals surface area contributed by atoms with Crippen molar-refractivity contribution in [3.63, 3.8) is 0 Å². The summed E-state index contributed by atoms with van der Waals surface area (Å²) in [5, 5.41) is 10.5. The average molecular weight is 472 g/mol. The summed E-state index contributed by atoms with van der Waals surface area (Å²) in [6, 6.07) is 15.9. The molecule has 0 spiro atoms. The van der Waals surface area contributed by atoms with E-state index in [4.69, 9.17) is 27.9 Å². The number of fused-ring (bicyclic) bond motifs is 1. The Bertz CT molecular complexity index is 1380. The molecular formula is C24H16Cl2FNO4. The van der Waals surface area contributed by atoms with Gasteiger partial charge in [0.1, 0.15) is 23.7 Å². The molecule has 0 saturated heterocycles. The lowest BCUT2D eigenvalue weighted by atomic mass is 10.1. The fourth-order valence-electron chi connectivity index (χ4n) is 3.36. The molecule has 8 heteroatoms. The van der Waals surface area contributed by atoms with Gasteiger partial charge in [-0.2, -0.15) is 0 Å². The van der Waals surface area contributed by atoms with E-state index in [0.717, 1.165) is 5.56 Å². The Morgan fingerprint density at radius 3 is 2.53 bits per heavy atom. The van der Waals surface area contributed by atoms with Crippen LogP contribution in [0.1, 0.15) is 21.5 Å². The van der Waals surface area contributed by atoms with E-state index >= 15 is 0 Å². The maximum absolute atomic E-state index is 13.2. The number of rotatable bonds is 6. The molecule has 0 unspecified atom stereocenters. The van der Waals surface area contributed by atoms with Crippen molar-refractivity contribution < 1.29 is 19.0 Å². The summed E-state index contributed by atoms with van der Waals surface area (Å²) in [6.45, 7) is 0.378. The van der Waals surface area contributed by atoms with Crippen LogP contribution in [0, 0.1) is 5.82 Å². The van der Waals surface area contributed by atoms with Crippen molar-refractivity contribution in [1.82, 2.24) is 4.57 Å². The minimum atomic E-state index is -1.33. The molecular weight excluding hydrogens is 456 g/mol. The van der Waals surface area contributed by atoms with Crippen LogP contribution >= 0.6 is 23.2 Å². The standard InChI is InChI=1S/C24H16Cl2FNO4/c25-20-3-1-2-15(22(20)26)13-32-17-8-9-21-18(10-17)23(29)19(24(30)31)12-28(21)11-14-4-6-16(27)7-5-14/h1-10,12H,11,13H2,(H,30,31). The van der Waals surface area contributed by atoms with Crippen molar-refractivity contribution >= 4 is 40.1 Å². The number of hydrogen-bond donors (Lipinski definition) is 1. The van der Waals surface area contributed by atoms with Crippen LogP contribution in [0.2, 0.25) is 10.0 Å². The molecule has 0 atom stereocenters. The molecule has 0 aliphatic heterocycles. The first-order chi connectivity index (χ1) is 15.3. The minimum Gasteiger partial charge on any atom is -0.489 e. The Balaban J connectivity index is 1.73. The Kier molecular flexibility index (Phi) is 6.17. The highest BCUT2D eigenvalue weighted by Crippen LogP contribution is 2.27. The summed E-state index contributed by atoms with van der Waals surface area (Å²) in [6.07, 6.45) is 1.29. The summed E-state index contributed by atoms with van der Waals surface area (Å²) in [5.74, 6) is -1.32. The van der Waals surface area contributed by atoms with Gasteiger partial charge in [-0.3, -0.25) is 4.79 Å². The number of carbonyl (C=O) groups is 1. The molecule has 5 nitrogen and oxygen atoms in total. The second kappa shape index (κ2) is 9.02. The van der Waals surface area contributed by atoms with E-state index in [-0.39, 0.29) is 29.9 Å². The molecule has 0 aliphatic carbocycles. The molecule has 3 aromatic carbocycles. The summed E-state index contributed by atoms with van der Waals surface area (Å²) < 4.78 is 20.7. The van der Waals surface area contributed by atoms with Crippen LogP contribution in [0.25, 0.3) is 10.9 Å². The highest BCUT2D eigenvalue weighted by molar-refractivity contribution is 6.42. The van der Waals surface area contributed by atoms with Crippen molar-refractivity contribution in [1.29, 1.82) is 0 Å². The summed E-state index contributed by atoms with van der Waals surface area (Å²) in [4.78, 5) is 24.5. The number of carboxylic acids is 1. The SMILES string of the molecule is O=C(O)c1cn(Cc2ccc(F)cc2)c2ccc(OCc3cccc(Cl)c3Cl)cc2c1=O. The number of pyridine rings is 1. The molecule has 1 N–H and O–H groups in total. The normalized spacial score (nSPS) is 11.0. The van der Waals surface area contributed by atoms with Crippen molar-refractivity contribution in [2.24, 2.45) is 0 Å². The zero-order valence-corrected chi connectivity index (χ0v) is 18.0. The third-order valence-corrected chi connectivity index (χ3v) is 5.83. The van der Waals surface area contributed by atoms with Crippen molar-refractivity contribution in [3.8, 4) is 5.75 Å². The average Bonchev–Trinajstić information content (AvgIpc) is 2.78. The first-order valence-corrected chi connectivity index (χ1v) is 10.3. The molecule has 4 rings (SSSR count). The van der Waals surface area contributed by atoms with Gasteiger partial charge in [0.15, 0.2) is 0 Å². The number of ether oxygens (including phenoxy) is 1. The van der Waals surface area contributed by atoms with Crippen molar-refractivity contribution in [2.45, 2.75) is 13.2 Å². The molecule has 0 aliphatic rings. The Morgan fingerprint density at radius 2 is 1.81 bits per heavy atom. The van der Waals surface area contributed by atoms with E-state index in [1.807, 2.05) is 0 Å². The molecule has 162 valence electrons. The number of halogens is 3. The van der Waals surface area contributed by atoms with E-state index in [1.165, 1.54) is 24.4 Å². The van der Waals surface area contributed by atoms with Gasteiger partial charge < -0.3 is 14.4 Å². The van der Waals surface area contributed by atoms with Gasteiger partial charge in [-0.1, -0.05) is 47.5 Å². The fourth-order valence-corrected chi connectivity index (χ4v) is 3.73. The van der Waals surface area contributed by atoms with Crippen LogP contribution < -0.4 is 10.2 Å². The number of nitrogens with zero attached hydrogens (tertiary/aromatic N) is 1. The fraction of sp³-hybridized carbons (Fsp3) is 0.0833. The second-order valence-corrected chi connectivity index (χ2v) is 7.90. The first-order valence-electron chi connectivity index (χ1n) is 9.54. The van der Waals surface area contributed by atoms with Gasteiger partial charge in [0.2, 0.25) is 5.43 Å². The minimum absolute atomic E-state index is 0.118. The van der Waals surface area contributed by atoms with E-state index in [0.29, 0.717) is 26.9 Å². The molecule has 1 aromatic heterocycles. The van der Waals surface area contributed by atoms with Gasteiger partial charge in [-0.25, -0.2) is 9.18 Å². The lowest BCUT2D eigenvalue weighted by Crippen LogP contribution is -2.19. The zero-order chi connectivity index (χ0) is 22.8. The third-order valence-electron chi connectivity index (χ3n) is 4.97. The highest BCUT2D eigenvalue weighted by atomic mass is 35.5. The number of benzene rings is 3. The summed E-state index contributed by atoms with van der Waals surface area (Å²) in [7, 11) is 0. The molecule has 0 bridgehead atoms. The maximum atomic E-state index is 13.2. The molecule has 0 radical (unpaired) electrons. The van der Waals surface area contributed by atoms with E-state index in [9.17, 15) is 19.1 Å². The molecule has 32 heavy (non-hydrogen) atoms. The van der Waals surface area contributed by atoms with Gasteiger partial charge in [0.05, 0.1) is 20.9 Å². The molecule has 0 fully saturated rings. The molecule has 0 amide bonds. The number of carboxylic acid groups (broad SMARTS) is 1. The highest BCUT2D eigenvalue weighted by Gasteiger charge is 2.16. The predicted octanol–water partition coefficient (Wildman–Crippen LogP) is 5.77. The zero-order valence-electron chi connectivity index (χ0n) is 16.5. The van der Waals surface area contributed by atoms with E-state index < -0.39 is 11.4 Å². The van der Waals surface area contributed by atoms with Crippen LogP contribution in [-0.2, 0) is 13.2 Å². The van der Waals surface area contributed by atoms with Gasteiger partial charge in [-0.05, 0) is 42.0 Å². The van der Waals surface area contributed by atoms with Crippen molar-refractivity contribution in [2.75, 3.05) is 0 Å². The Morgan fingerprint density at radius 1 is 1.06 bits per heavy atom. The Hall–Kier alpha value is -3.35. The number of aromatic nitrogens is 1. The molecule has 0 saturated carbocycles. The smallest absolute Gasteiger partial charge is 0.341 e. The third kappa shape index (κ3) is 4.47. The molecule has 4 aromatic rings. The van der Waals surface area contributed by atoms with Crippen LogP contribution in [0.5, 0.6) is 5.75 Å². The number of aromatic carboxylic acids is 1. The lowest BCUT2D eigenvalue weighted by molar-refractivity contribution is 0.0695. The monoisotopic (exact) mass is 471 g/mol. The van der Waals surface area contributed by atoms with Gasteiger partial charge in [0.25, 0.3) is 0 Å². The van der Waals surface area contributed by atoms with Gasteiger partial charge >= 0.3 is 5.97 Å². The second-order valence-electron chi connectivity index (χ2n) is 7.11. The van der Waals surface area contributed by atoms with E-state index in [2.05, 4.69) is 0 Å². The maximum Gasteiger partial charge on any atom is 0.341 e. The Labute approximate surface area is 192 Å². The first kappa shape index (κ1) is 21.9. The molecule has 1 heterocycles. The summed E-state index contributed by atoms with van der Waals surface area (Å²) in [5.41, 5.74) is 0.970. The van der Waals surface area contributed by atoms with Crippen LogP contribution in [0.4, 0.5) is 4.39 Å². The quantitative estimate of drug-likeness (QED) is 0.387. The van der Waals surface area contributed by atoms with Gasteiger partial charge in [-0.15, -0.1) is 0 Å². The topological polar surface area (TPSA) is 68.5 Å². The van der Waals surface area contributed by atoms with Crippen LogP contribution in [0.15, 0.2) is 71.7 Å². The van der Waals surface area contributed by atoms with Crippen molar-refractivity contribution in [3.05, 3.63) is 110 Å². The summed E-state index contributed by atoms with van der Waals surface area (Å²) >= 11 is 12.2. The van der Waals surface area contributed by atoms with E-state index in [1.54, 1.807) is 47.0 Å². The predicted molar refractivity (Wildman–Crippen MR) is 121 cm³/mol.